The molecule has 4 N–H and O–H groups in total. The van der Waals surface area contributed by atoms with Gasteiger partial charge in [0, 0.05) is 56.0 Å². The Labute approximate surface area is 325 Å². The summed E-state index contributed by atoms with van der Waals surface area (Å²) >= 11 is 0. The highest BCUT2D eigenvalue weighted by Crippen LogP contribution is 2.52. The molecule has 0 aliphatic carbocycles. The minimum absolute atomic E-state index is 0.00433. The lowest BCUT2D eigenvalue weighted by molar-refractivity contribution is -0.159. The summed E-state index contributed by atoms with van der Waals surface area (Å²) in [6, 6.07) is 4.89. The number of ketones is 1. The molecule has 0 spiro atoms. The summed E-state index contributed by atoms with van der Waals surface area (Å²) in [6.45, 7) is 16.0. The molecule has 0 radical (unpaired) electrons. The van der Waals surface area contributed by atoms with Gasteiger partial charge >= 0.3 is 11.8 Å². The van der Waals surface area contributed by atoms with E-state index in [2.05, 4.69) is 5.32 Å². The number of fused-ring (bicyclic) bond motifs is 2. The Morgan fingerprint density at radius 1 is 1.00 bits per heavy atom. The number of phenolic OH excluding ortho intramolecular Hbond substituents is 2. The Bertz CT molecular complexity index is 2330. The highest BCUT2D eigenvalue weighted by atomic mass is 16.7. The van der Waals surface area contributed by atoms with Crippen molar-refractivity contribution < 1.29 is 48.7 Å². The lowest BCUT2D eigenvalue weighted by Crippen LogP contribution is -2.45. The first-order valence-electron chi connectivity index (χ1n) is 18.9. The first-order chi connectivity index (χ1) is 26.4. The average molecular weight is 770 g/mol. The van der Waals surface area contributed by atoms with Gasteiger partial charge in [0.25, 0.3) is 11.7 Å². The number of aliphatic hydroxyl groups excluding tert-OH is 1. The summed E-state index contributed by atoms with van der Waals surface area (Å²) in [5.74, 6) is -5.69. The van der Waals surface area contributed by atoms with Crippen LogP contribution < -0.4 is 10.1 Å². The zero-order valence-electron chi connectivity index (χ0n) is 33.4. The van der Waals surface area contributed by atoms with E-state index in [0.717, 1.165) is 5.56 Å². The van der Waals surface area contributed by atoms with Crippen LogP contribution in [0.4, 0.5) is 5.69 Å². The van der Waals surface area contributed by atoms with E-state index >= 15 is 0 Å². The minimum Gasteiger partial charge on any atom is -0.507 e. The molecule has 9 atom stereocenters. The number of aryl methyl sites for hydroxylation is 1. The molecule has 298 valence electrons. The molecule has 2 aromatic carbocycles. The molecule has 6 rings (SSSR count). The molecule has 13 heteroatoms. The number of rotatable bonds is 2. The maximum atomic E-state index is 14.4. The summed E-state index contributed by atoms with van der Waals surface area (Å²) in [4.78, 5) is 45.4. The maximum absolute atomic E-state index is 14.4. The van der Waals surface area contributed by atoms with Crippen LogP contribution in [-0.4, -0.2) is 73.6 Å². The number of ether oxygens (including phenoxy) is 4. The second-order valence-electron chi connectivity index (χ2n) is 15.6. The number of methoxy groups -OCH3 is 1. The van der Waals surface area contributed by atoms with Crippen LogP contribution >= 0.6 is 0 Å². The third-order valence-corrected chi connectivity index (χ3v) is 11.7. The Balaban J connectivity index is 1.55. The van der Waals surface area contributed by atoms with Crippen molar-refractivity contribution in [3.8, 4) is 17.2 Å². The van der Waals surface area contributed by atoms with Crippen LogP contribution in [-0.2, 0) is 23.8 Å². The van der Waals surface area contributed by atoms with Crippen molar-refractivity contribution in [2.24, 2.45) is 29.6 Å². The summed E-state index contributed by atoms with van der Waals surface area (Å²) in [7, 11) is 1.50. The van der Waals surface area contributed by atoms with E-state index < -0.39 is 65.1 Å². The summed E-state index contributed by atoms with van der Waals surface area (Å²) < 4.78 is 25.5. The van der Waals surface area contributed by atoms with Crippen molar-refractivity contribution in [1.29, 1.82) is 0 Å². The SMILES string of the molecule is CO[C@H]1/C=C/O[C@@]2(C)Oc3cc(O)c4c(O)c(c5c(nc6cc(C)ccn65)c4c3C2=O)NC(=O)/C(C)=C\C=C\[C@H](C)[C@H](C)[C@@H](C)[C@@H](O)[C@@H](C)[C@H](OC(C)=O)[C@@H]1C. The Morgan fingerprint density at radius 2 is 1.71 bits per heavy atom. The number of imidazole rings is 1. The number of allylic oxidation sites excluding steroid dienone is 3. The number of pyridine rings is 1. The fraction of sp³-hybridized carbons (Fsp3) is 0.442. The Morgan fingerprint density at radius 3 is 2.39 bits per heavy atom. The van der Waals surface area contributed by atoms with E-state index in [9.17, 15) is 29.7 Å². The average Bonchev–Trinajstić information content (AvgIpc) is 3.64. The number of Topliss-reactive ketones (excluding diaryl/α,β-unsaturated/α-hetero) is 1. The Hall–Kier alpha value is -5.40. The predicted octanol–water partition coefficient (Wildman–Crippen LogP) is 7.12. The smallest absolute Gasteiger partial charge is 0.312 e. The van der Waals surface area contributed by atoms with Crippen LogP contribution in [0.5, 0.6) is 17.2 Å². The molecule has 2 aliphatic heterocycles. The summed E-state index contributed by atoms with van der Waals surface area (Å²) in [5.41, 5.74) is 2.25. The number of carbonyl (C=O) groups excluding carboxylic acids is 3. The van der Waals surface area contributed by atoms with Gasteiger partial charge in [0.2, 0.25) is 0 Å². The highest BCUT2D eigenvalue weighted by molar-refractivity contribution is 6.28. The molecule has 4 bridgehead atoms. The van der Waals surface area contributed by atoms with Gasteiger partial charge in [0.05, 0.1) is 29.4 Å². The number of hydrogen-bond donors (Lipinski definition) is 4. The zero-order chi connectivity index (χ0) is 41.0. The van der Waals surface area contributed by atoms with Gasteiger partial charge in [-0.3, -0.25) is 18.8 Å². The molecule has 0 fully saturated rings. The molecule has 2 aromatic heterocycles. The number of nitrogens with zero attached hydrogens (tertiary/aromatic N) is 2. The van der Waals surface area contributed by atoms with E-state index in [-0.39, 0.29) is 51.0 Å². The van der Waals surface area contributed by atoms with E-state index in [1.54, 1.807) is 35.7 Å². The number of benzene rings is 2. The van der Waals surface area contributed by atoms with Crippen LogP contribution in [0.3, 0.4) is 0 Å². The number of anilines is 1. The van der Waals surface area contributed by atoms with Gasteiger partial charge in [0.1, 0.15) is 40.0 Å². The number of amides is 1. The van der Waals surface area contributed by atoms with Crippen molar-refractivity contribution in [2.45, 2.75) is 86.4 Å². The standard InChI is InChI=1S/C43H51N3O10/c1-20-14-16-46-31(18-20)44-35-34-32-28(48)19-30-33(34)41(51)43(9,56-30)54-17-15-29(53-10)25(6)40(55-27(8)47)26(7)38(49)24(5)23(4)21(2)12-11-13-22(3)42(52)45-36(37(35)46)39(32)50/h11-19,21,23-26,29,38,40,48-50H,1-10H3,(H,45,52)/b12-11+,17-15+,22-13-/t21-,23-,24+,25+,26+,29-,38+,40+,43-/m0/s1. The molecule has 0 saturated heterocycles. The third kappa shape index (κ3) is 6.98. The number of carbonyl (C=O) groups is 3. The number of phenols is 2. The van der Waals surface area contributed by atoms with Gasteiger partial charge in [-0.1, -0.05) is 52.8 Å². The topological polar surface area (TPSA) is 178 Å². The molecule has 0 saturated carbocycles. The van der Waals surface area contributed by atoms with Crippen LogP contribution in [0.2, 0.25) is 0 Å². The lowest BCUT2D eigenvalue weighted by Gasteiger charge is -2.38. The second-order valence-corrected chi connectivity index (χ2v) is 15.6. The second kappa shape index (κ2) is 15.3. The van der Waals surface area contributed by atoms with E-state index in [0.29, 0.717) is 16.7 Å². The minimum atomic E-state index is -1.92. The van der Waals surface area contributed by atoms with E-state index in [1.807, 2.05) is 59.8 Å². The number of aromatic hydroxyl groups is 2. The van der Waals surface area contributed by atoms with Gasteiger partial charge in [-0.2, -0.15) is 0 Å². The van der Waals surface area contributed by atoms with Crippen molar-refractivity contribution in [3.05, 3.63) is 71.7 Å². The number of esters is 1. The van der Waals surface area contributed by atoms with E-state index in [1.165, 1.54) is 33.3 Å². The van der Waals surface area contributed by atoms with E-state index in [4.69, 9.17) is 23.9 Å². The molecule has 1 amide bonds. The zero-order valence-corrected chi connectivity index (χ0v) is 33.4. The largest absolute Gasteiger partial charge is 0.507 e. The van der Waals surface area contributed by atoms with Gasteiger partial charge in [-0.15, -0.1) is 0 Å². The van der Waals surface area contributed by atoms with Gasteiger partial charge in [-0.25, -0.2) is 4.98 Å². The highest BCUT2D eigenvalue weighted by Gasteiger charge is 2.48. The van der Waals surface area contributed by atoms with Crippen LogP contribution in [0, 0.1) is 36.5 Å². The molecular formula is C43H51N3O10. The first-order valence-corrected chi connectivity index (χ1v) is 18.9. The molecule has 0 unspecified atom stereocenters. The van der Waals surface area contributed by atoms with Gasteiger partial charge in [-0.05, 0) is 55.4 Å². The fourth-order valence-corrected chi connectivity index (χ4v) is 7.99. The normalized spacial score (nSPS) is 31.2. The third-order valence-electron chi connectivity index (χ3n) is 11.7. The van der Waals surface area contributed by atoms with Crippen molar-refractivity contribution in [1.82, 2.24) is 9.38 Å². The van der Waals surface area contributed by atoms with Crippen molar-refractivity contribution >= 4 is 50.8 Å². The van der Waals surface area contributed by atoms with Crippen LogP contribution in [0.1, 0.15) is 71.3 Å². The summed E-state index contributed by atoms with van der Waals surface area (Å²) in [6.07, 6.45) is 7.68. The lowest BCUT2D eigenvalue weighted by atomic mass is 9.75. The number of hydrogen-bond acceptors (Lipinski definition) is 11. The monoisotopic (exact) mass is 769 g/mol. The predicted molar refractivity (Wildman–Crippen MR) is 212 cm³/mol. The Kier molecular flexibility index (Phi) is 11.0. The van der Waals surface area contributed by atoms with Crippen LogP contribution in [0.25, 0.3) is 27.5 Å². The molecule has 4 heterocycles. The molecule has 4 aromatic rings. The quantitative estimate of drug-likeness (QED) is 0.121. The molecule has 13 nitrogen and oxygen atoms in total. The first kappa shape index (κ1) is 40.3. The van der Waals surface area contributed by atoms with Crippen molar-refractivity contribution in [2.75, 3.05) is 12.4 Å². The number of nitrogens with one attached hydrogen (secondary N) is 1. The molecule has 56 heavy (non-hydrogen) atoms. The number of aliphatic hydroxyl groups is 1. The van der Waals surface area contributed by atoms with Crippen LogP contribution in [0.15, 0.2) is 60.5 Å². The van der Waals surface area contributed by atoms with Gasteiger partial charge < -0.3 is 39.6 Å². The number of aromatic nitrogens is 2. The van der Waals surface area contributed by atoms with Gasteiger partial charge in [0.15, 0.2) is 5.75 Å². The molecule has 2 aliphatic rings. The fourth-order valence-electron chi connectivity index (χ4n) is 7.99. The van der Waals surface area contributed by atoms with Crippen molar-refractivity contribution in [3.63, 3.8) is 0 Å². The maximum Gasteiger partial charge on any atom is 0.312 e. The summed E-state index contributed by atoms with van der Waals surface area (Å²) in [5, 5.41) is 37.9. The molecular weight excluding hydrogens is 718 g/mol.